The van der Waals surface area contributed by atoms with Crippen LogP contribution in [-0.2, 0) is 16.0 Å². The predicted octanol–water partition coefficient (Wildman–Crippen LogP) is 2.36. The van der Waals surface area contributed by atoms with Gasteiger partial charge in [-0.2, -0.15) is 0 Å². The zero-order chi connectivity index (χ0) is 17.5. The summed E-state index contributed by atoms with van der Waals surface area (Å²) in [4.78, 5) is 23.5. The molecule has 0 unspecified atom stereocenters. The molecule has 2 aromatic rings. The van der Waals surface area contributed by atoms with Crippen molar-refractivity contribution in [2.24, 2.45) is 0 Å². The molecule has 0 atom stereocenters. The molecular weight excluding hydrogens is 313 g/mol. The van der Waals surface area contributed by atoms with Crippen molar-refractivity contribution in [2.45, 2.75) is 13.3 Å². The Morgan fingerprint density at radius 2 is 1.88 bits per heavy atom. The van der Waals surface area contributed by atoms with Gasteiger partial charge in [-0.15, -0.1) is 0 Å². The number of amides is 1. The first-order valence-electron chi connectivity index (χ1n) is 7.43. The van der Waals surface area contributed by atoms with Gasteiger partial charge in [-0.25, -0.2) is 9.18 Å². The van der Waals surface area contributed by atoms with Crippen molar-refractivity contribution in [3.05, 3.63) is 65.0 Å². The van der Waals surface area contributed by atoms with Crippen molar-refractivity contribution in [2.75, 3.05) is 13.2 Å². The molecule has 0 aliphatic carbocycles. The number of hydrogen-bond acceptors (Lipinski definition) is 4. The Kier molecular flexibility index (Phi) is 5.89. The lowest BCUT2D eigenvalue weighted by molar-refractivity contribution is -0.124. The standard InChI is InChI=1S/C18H18FNO4/c1-12-2-7-16(21)15(10-12)18(23)24-11-17(22)20-9-8-13-3-5-14(19)6-4-13/h2-7,10,21H,8-9,11H2,1H3,(H,20,22). The summed E-state index contributed by atoms with van der Waals surface area (Å²) in [5.74, 6) is -1.71. The Morgan fingerprint density at radius 1 is 1.17 bits per heavy atom. The Morgan fingerprint density at radius 3 is 2.58 bits per heavy atom. The SMILES string of the molecule is Cc1ccc(O)c(C(=O)OCC(=O)NCCc2ccc(F)cc2)c1. The molecule has 0 saturated heterocycles. The molecule has 126 valence electrons. The Bertz CT molecular complexity index is 728. The van der Waals surface area contributed by atoms with Crippen LogP contribution in [0.3, 0.4) is 0 Å². The number of carbonyl (C=O) groups is 2. The van der Waals surface area contributed by atoms with Crippen LogP contribution >= 0.6 is 0 Å². The van der Waals surface area contributed by atoms with Gasteiger partial charge >= 0.3 is 5.97 Å². The molecule has 2 N–H and O–H groups in total. The highest BCUT2D eigenvalue weighted by molar-refractivity contribution is 5.94. The van der Waals surface area contributed by atoms with Crippen LogP contribution in [0.5, 0.6) is 5.75 Å². The monoisotopic (exact) mass is 331 g/mol. The van der Waals surface area contributed by atoms with Gasteiger partial charge in [0.1, 0.15) is 17.1 Å². The molecule has 0 radical (unpaired) electrons. The number of rotatable bonds is 6. The second-order valence-corrected chi connectivity index (χ2v) is 5.32. The average molecular weight is 331 g/mol. The predicted molar refractivity (Wildman–Crippen MR) is 86.2 cm³/mol. The number of nitrogens with one attached hydrogen (secondary N) is 1. The molecule has 0 spiro atoms. The second-order valence-electron chi connectivity index (χ2n) is 5.32. The highest BCUT2D eigenvalue weighted by Crippen LogP contribution is 2.18. The number of carbonyl (C=O) groups excluding carboxylic acids is 2. The van der Waals surface area contributed by atoms with Crippen molar-refractivity contribution in [1.82, 2.24) is 5.32 Å². The number of ether oxygens (including phenoxy) is 1. The summed E-state index contributed by atoms with van der Waals surface area (Å²) in [6, 6.07) is 10.5. The number of hydrogen-bond donors (Lipinski definition) is 2. The minimum absolute atomic E-state index is 0.0223. The highest BCUT2D eigenvalue weighted by atomic mass is 19.1. The first-order chi connectivity index (χ1) is 11.5. The minimum Gasteiger partial charge on any atom is -0.507 e. The topological polar surface area (TPSA) is 75.6 Å². The fourth-order valence-corrected chi connectivity index (χ4v) is 2.07. The molecular formula is C18H18FNO4. The lowest BCUT2D eigenvalue weighted by Gasteiger charge is -2.08. The number of aryl methyl sites for hydroxylation is 1. The molecule has 2 aromatic carbocycles. The van der Waals surface area contributed by atoms with Crippen LogP contribution in [0.2, 0.25) is 0 Å². The maximum atomic E-state index is 12.8. The van der Waals surface area contributed by atoms with Crippen LogP contribution in [0.1, 0.15) is 21.5 Å². The molecule has 0 heterocycles. The van der Waals surface area contributed by atoms with Crippen LogP contribution in [0.4, 0.5) is 4.39 Å². The quantitative estimate of drug-likeness (QED) is 0.797. The van der Waals surface area contributed by atoms with E-state index in [0.29, 0.717) is 13.0 Å². The van der Waals surface area contributed by atoms with Crippen molar-refractivity contribution in [1.29, 1.82) is 0 Å². The van der Waals surface area contributed by atoms with E-state index in [9.17, 15) is 19.1 Å². The molecule has 24 heavy (non-hydrogen) atoms. The molecule has 0 aromatic heterocycles. The average Bonchev–Trinajstić information content (AvgIpc) is 2.56. The third-order valence-corrected chi connectivity index (χ3v) is 3.36. The zero-order valence-corrected chi connectivity index (χ0v) is 13.2. The van der Waals surface area contributed by atoms with Gasteiger partial charge in [-0.3, -0.25) is 4.79 Å². The summed E-state index contributed by atoms with van der Waals surface area (Å²) in [5.41, 5.74) is 1.70. The van der Waals surface area contributed by atoms with Gasteiger partial charge in [0.25, 0.3) is 5.91 Å². The summed E-state index contributed by atoms with van der Waals surface area (Å²) >= 11 is 0. The fourth-order valence-electron chi connectivity index (χ4n) is 2.07. The first-order valence-corrected chi connectivity index (χ1v) is 7.43. The van der Waals surface area contributed by atoms with Crippen molar-refractivity contribution in [3.63, 3.8) is 0 Å². The van der Waals surface area contributed by atoms with Crippen LogP contribution in [0.15, 0.2) is 42.5 Å². The van der Waals surface area contributed by atoms with Gasteiger partial charge in [0.15, 0.2) is 6.61 Å². The normalized spacial score (nSPS) is 10.2. The van der Waals surface area contributed by atoms with Crippen LogP contribution < -0.4 is 5.32 Å². The Hall–Kier alpha value is -2.89. The maximum absolute atomic E-state index is 12.8. The van der Waals surface area contributed by atoms with E-state index in [0.717, 1.165) is 11.1 Å². The summed E-state index contributed by atoms with van der Waals surface area (Å²) in [6.45, 7) is 1.69. The van der Waals surface area contributed by atoms with E-state index >= 15 is 0 Å². The van der Waals surface area contributed by atoms with Gasteiger partial charge in [0.2, 0.25) is 0 Å². The van der Waals surface area contributed by atoms with Gasteiger partial charge in [-0.1, -0.05) is 23.8 Å². The molecule has 0 saturated carbocycles. The highest BCUT2D eigenvalue weighted by Gasteiger charge is 2.14. The van der Waals surface area contributed by atoms with Gasteiger partial charge < -0.3 is 15.2 Å². The van der Waals surface area contributed by atoms with Gasteiger partial charge in [-0.05, 0) is 43.2 Å². The lowest BCUT2D eigenvalue weighted by atomic mass is 10.1. The van der Waals surface area contributed by atoms with Crippen LogP contribution in [0.25, 0.3) is 0 Å². The van der Waals surface area contributed by atoms with E-state index in [1.807, 2.05) is 0 Å². The fraction of sp³-hybridized carbons (Fsp3) is 0.222. The molecule has 0 bridgehead atoms. The number of phenols is 1. The van der Waals surface area contributed by atoms with Crippen LogP contribution in [-0.4, -0.2) is 30.1 Å². The largest absolute Gasteiger partial charge is 0.507 e. The zero-order valence-electron chi connectivity index (χ0n) is 13.2. The van der Waals surface area contributed by atoms with Crippen molar-refractivity contribution >= 4 is 11.9 Å². The van der Waals surface area contributed by atoms with Crippen LogP contribution in [0, 0.1) is 12.7 Å². The van der Waals surface area contributed by atoms with Crippen molar-refractivity contribution in [3.8, 4) is 5.75 Å². The van der Waals surface area contributed by atoms with Gasteiger partial charge in [0, 0.05) is 6.54 Å². The molecule has 2 rings (SSSR count). The first kappa shape index (κ1) is 17.5. The van der Waals surface area contributed by atoms with E-state index in [1.165, 1.54) is 24.3 Å². The lowest BCUT2D eigenvalue weighted by Crippen LogP contribution is -2.30. The van der Waals surface area contributed by atoms with Gasteiger partial charge in [0.05, 0.1) is 0 Å². The van der Waals surface area contributed by atoms with E-state index < -0.39 is 18.5 Å². The van der Waals surface area contributed by atoms with E-state index in [4.69, 9.17) is 4.74 Å². The third-order valence-electron chi connectivity index (χ3n) is 3.36. The number of esters is 1. The summed E-state index contributed by atoms with van der Waals surface area (Å²) in [5, 5.41) is 12.2. The summed E-state index contributed by atoms with van der Waals surface area (Å²) < 4.78 is 17.7. The molecule has 5 nitrogen and oxygen atoms in total. The second kappa shape index (κ2) is 8.10. The summed E-state index contributed by atoms with van der Waals surface area (Å²) in [6.07, 6.45) is 0.540. The van der Waals surface area contributed by atoms with E-state index in [1.54, 1.807) is 25.1 Å². The smallest absolute Gasteiger partial charge is 0.342 e. The molecule has 0 aliphatic heterocycles. The van der Waals surface area contributed by atoms with E-state index in [2.05, 4.69) is 5.32 Å². The minimum atomic E-state index is -0.759. The third kappa shape index (κ3) is 5.08. The maximum Gasteiger partial charge on any atom is 0.342 e. The molecule has 0 fully saturated rings. The Labute approximate surface area is 139 Å². The number of phenolic OH excluding ortho intramolecular Hbond substituents is 1. The van der Waals surface area contributed by atoms with Crippen molar-refractivity contribution < 1.29 is 23.8 Å². The summed E-state index contributed by atoms with van der Waals surface area (Å²) in [7, 11) is 0. The number of halogens is 1. The molecule has 0 aliphatic rings. The molecule has 6 heteroatoms. The number of benzene rings is 2. The van der Waals surface area contributed by atoms with E-state index in [-0.39, 0.29) is 17.1 Å². The number of aromatic hydroxyl groups is 1. The molecule has 1 amide bonds. The Balaban J connectivity index is 1.75.